The van der Waals surface area contributed by atoms with Crippen LogP contribution < -0.4 is 0 Å². The van der Waals surface area contributed by atoms with Gasteiger partial charge in [-0.1, -0.05) is 78.0 Å². The van der Waals surface area contributed by atoms with Crippen LogP contribution in [0, 0.1) is 35.5 Å². The smallest absolute Gasteiger partial charge is 0.329 e. The van der Waals surface area contributed by atoms with Crippen LogP contribution in [0.3, 0.4) is 0 Å². The SMILES string of the molecule is CCC(O)CO[C@@H]1/C(C)=C/[C@@H](C)C(=O)C[C@@H]([C@H](C)C[C@@H]2CC[C@H](n3cnnn3)[C@H](OC)C2)OC(=O)C2CCCCN2C(=O)C(=O)C2(O)O[C@@H](CCC2C)C[C@H](OC)/C(C)=C/C=C/C=C/[C@@H](C)CC(C)C(=O)C1OC. The number of ketones is 3. The van der Waals surface area contributed by atoms with Crippen LogP contribution in [0.4, 0.5) is 0 Å². The Labute approximate surface area is 439 Å². The molecule has 414 valence electrons. The van der Waals surface area contributed by atoms with Crippen LogP contribution in [0.25, 0.3) is 0 Å². The van der Waals surface area contributed by atoms with Gasteiger partial charge in [0.1, 0.15) is 36.5 Å². The molecule has 74 heavy (non-hydrogen) atoms. The number of aliphatic hydroxyl groups is 2. The van der Waals surface area contributed by atoms with E-state index in [-0.39, 0.29) is 67.5 Å². The fourth-order valence-electron chi connectivity index (χ4n) is 11.3. The van der Waals surface area contributed by atoms with Crippen LogP contribution in [0.2, 0.25) is 0 Å². The van der Waals surface area contributed by atoms with Crippen molar-refractivity contribution >= 4 is 29.2 Å². The molecular formula is C56H87N5O13. The average Bonchev–Trinajstić information content (AvgIpc) is 3.93. The van der Waals surface area contributed by atoms with E-state index in [1.807, 2.05) is 65.0 Å². The maximum Gasteiger partial charge on any atom is 0.329 e. The summed E-state index contributed by atoms with van der Waals surface area (Å²) in [6, 6.07) is -1.21. The third-order valence-corrected chi connectivity index (χ3v) is 16.1. The quantitative estimate of drug-likeness (QED) is 0.131. The van der Waals surface area contributed by atoms with E-state index in [0.29, 0.717) is 63.4 Å². The van der Waals surface area contributed by atoms with Gasteiger partial charge in [-0.2, -0.15) is 0 Å². The van der Waals surface area contributed by atoms with Gasteiger partial charge < -0.3 is 43.5 Å². The highest BCUT2D eigenvalue weighted by Gasteiger charge is 2.53. The first kappa shape index (κ1) is 60.6. The molecule has 3 fully saturated rings. The zero-order valence-electron chi connectivity index (χ0n) is 45.9. The Morgan fingerprint density at radius 3 is 2.31 bits per heavy atom. The number of fused-ring (bicyclic) bond motifs is 3. The van der Waals surface area contributed by atoms with E-state index in [1.54, 1.807) is 52.1 Å². The number of rotatable bonds is 11. The summed E-state index contributed by atoms with van der Waals surface area (Å²) in [6.07, 6.45) is 14.2. The summed E-state index contributed by atoms with van der Waals surface area (Å²) in [6.45, 7) is 14.8. The van der Waals surface area contributed by atoms with Crippen LogP contribution in [0.1, 0.15) is 145 Å². The fraction of sp³-hybridized carbons (Fsp3) is 0.750. The number of aromatic nitrogens is 4. The van der Waals surface area contributed by atoms with Crippen molar-refractivity contribution in [3.63, 3.8) is 0 Å². The van der Waals surface area contributed by atoms with Crippen LogP contribution >= 0.6 is 0 Å². The predicted octanol–water partition coefficient (Wildman–Crippen LogP) is 6.84. The second-order valence-electron chi connectivity index (χ2n) is 21.8. The highest BCUT2D eigenvalue weighted by Crippen LogP contribution is 2.39. The van der Waals surface area contributed by atoms with E-state index in [0.717, 1.165) is 18.4 Å². The highest BCUT2D eigenvalue weighted by molar-refractivity contribution is 6.39. The first-order chi connectivity index (χ1) is 35.3. The van der Waals surface area contributed by atoms with E-state index < -0.39 is 83.9 Å². The maximum atomic E-state index is 14.7. The number of nitrogens with zero attached hydrogens (tertiary/aromatic N) is 5. The van der Waals surface area contributed by atoms with Gasteiger partial charge in [0.2, 0.25) is 5.79 Å². The van der Waals surface area contributed by atoms with E-state index in [9.17, 15) is 34.2 Å². The molecule has 1 saturated carbocycles. The Hall–Kier alpha value is -4.30. The molecule has 6 unspecified atom stereocenters. The molecule has 2 saturated heterocycles. The Kier molecular flexibility index (Phi) is 23.5. The van der Waals surface area contributed by atoms with Gasteiger partial charge >= 0.3 is 5.97 Å². The number of methoxy groups -OCH3 is 3. The standard InChI is InChI=1S/C56H87N5O13/c1-12-42(62)32-72-51-39(7)27-36(4)46(63)31-48(37(5)28-41-22-24-44(49(29-41)70-10)61-33-57-58-59-61)73-55(67)45-20-16-17-25-60(45)54(66)53(65)56(68)40(8)21-23-43(74-56)30-47(69-9)35(3)19-15-13-14-18-34(2)26-38(6)50(64)52(51)71-11/h13-15,18-19,27,33-34,36-38,40-45,47-49,51-52,62,68H,12,16-17,20-26,28-32H2,1-11H3/b15-13+,18-14+,35-19+,39-27+/t34-,36-,37-,38?,40?,41+,42?,43+,44+,45?,47+,48+,49-,51-,52?,56?/m1/s1. The summed E-state index contributed by atoms with van der Waals surface area (Å²) in [7, 11) is 4.70. The number of allylic oxidation sites excluding steroid dienone is 6. The first-order valence-corrected chi connectivity index (χ1v) is 27.1. The molecule has 2 bridgehead atoms. The Morgan fingerprint density at radius 1 is 0.878 bits per heavy atom. The van der Waals surface area contributed by atoms with Gasteiger partial charge in [-0.3, -0.25) is 19.2 Å². The lowest BCUT2D eigenvalue weighted by Gasteiger charge is -2.42. The Balaban J connectivity index is 1.51. The predicted molar refractivity (Wildman–Crippen MR) is 276 cm³/mol. The van der Waals surface area contributed by atoms with E-state index in [1.165, 1.54) is 12.0 Å². The monoisotopic (exact) mass is 1040 g/mol. The lowest BCUT2D eigenvalue weighted by molar-refractivity contribution is -0.265. The average molecular weight is 1040 g/mol. The summed E-state index contributed by atoms with van der Waals surface area (Å²) in [4.78, 5) is 73.5. The number of hydrogen-bond donors (Lipinski definition) is 2. The van der Waals surface area contributed by atoms with Crippen LogP contribution in [-0.4, -0.2) is 154 Å². The zero-order valence-corrected chi connectivity index (χ0v) is 45.9. The number of amides is 1. The number of esters is 1. The normalized spacial score (nSPS) is 37.4. The lowest BCUT2D eigenvalue weighted by atomic mass is 9.77. The minimum Gasteiger partial charge on any atom is -0.460 e. The lowest BCUT2D eigenvalue weighted by Crippen LogP contribution is -2.61. The Bertz CT molecular complexity index is 2130. The molecule has 1 amide bonds. The highest BCUT2D eigenvalue weighted by atomic mass is 16.6. The summed E-state index contributed by atoms with van der Waals surface area (Å²) in [5.41, 5.74) is 1.45. The number of Topliss-reactive ketones (excluding diaryl/α,β-unsaturated/α-hetero) is 3. The molecule has 16 atom stereocenters. The van der Waals surface area contributed by atoms with Crippen LogP contribution in [-0.2, 0) is 52.4 Å². The molecule has 1 aliphatic carbocycles. The fourth-order valence-corrected chi connectivity index (χ4v) is 11.3. The van der Waals surface area contributed by atoms with Crippen molar-refractivity contribution in [3.8, 4) is 0 Å². The van der Waals surface area contributed by atoms with Crippen molar-refractivity contribution in [1.29, 1.82) is 0 Å². The molecule has 18 heteroatoms. The molecule has 0 radical (unpaired) electrons. The molecule has 3 aliphatic heterocycles. The maximum absolute atomic E-state index is 14.7. The topological polar surface area (TPSA) is 228 Å². The third-order valence-electron chi connectivity index (χ3n) is 16.1. The number of hydrogen-bond acceptors (Lipinski definition) is 16. The summed E-state index contributed by atoms with van der Waals surface area (Å²) in [5, 5.41) is 34.4. The molecule has 4 heterocycles. The summed E-state index contributed by atoms with van der Waals surface area (Å²) >= 11 is 0. The van der Waals surface area contributed by atoms with Gasteiger partial charge in [-0.25, -0.2) is 9.48 Å². The molecule has 18 nitrogen and oxygen atoms in total. The second-order valence-corrected chi connectivity index (χ2v) is 21.8. The summed E-state index contributed by atoms with van der Waals surface area (Å²) in [5.74, 6) is -7.83. The van der Waals surface area contributed by atoms with E-state index in [4.69, 9.17) is 28.4 Å². The molecule has 0 aromatic carbocycles. The minimum absolute atomic E-state index is 0.0116. The van der Waals surface area contributed by atoms with Crippen molar-refractivity contribution in [2.45, 2.75) is 199 Å². The van der Waals surface area contributed by atoms with Gasteiger partial charge in [0.05, 0.1) is 37.1 Å². The second kappa shape index (κ2) is 28.7. The van der Waals surface area contributed by atoms with Gasteiger partial charge in [0, 0.05) is 58.5 Å². The molecule has 0 spiro atoms. The molecule has 1 aromatic heterocycles. The Morgan fingerprint density at radius 2 is 1.64 bits per heavy atom. The molecule has 5 rings (SSSR count). The van der Waals surface area contributed by atoms with Crippen molar-refractivity contribution < 1.29 is 62.6 Å². The van der Waals surface area contributed by atoms with Crippen LogP contribution in [0.5, 0.6) is 0 Å². The van der Waals surface area contributed by atoms with Crippen molar-refractivity contribution in [3.05, 3.63) is 53.9 Å². The van der Waals surface area contributed by atoms with Crippen LogP contribution in [0.15, 0.2) is 53.9 Å². The number of ether oxygens (including phenoxy) is 6. The molecule has 4 aliphatic rings. The summed E-state index contributed by atoms with van der Waals surface area (Å²) < 4.78 is 38.3. The number of aliphatic hydroxyl groups excluding tert-OH is 1. The van der Waals surface area contributed by atoms with Crippen molar-refractivity contribution in [2.75, 3.05) is 34.5 Å². The number of piperidine rings is 1. The van der Waals surface area contributed by atoms with Gasteiger partial charge in [0.25, 0.3) is 11.7 Å². The number of cyclic esters (lactones) is 1. The van der Waals surface area contributed by atoms with Crippen molar-refractivity contribution in [2.24, 2.45) is 35.5 Å². The number of tetrazole rings is 1. The van der Waals surface area contributed by atoms with Gasteiger partial charge in [-0.15, -0.1) is 5.10 Å². The minimum atomic E-state index is -2.44. The molecule has 1 aromatic rings. The molecule has 2 N–H and O–H groups in total. The van der Waals surface area contributed by atoms with Crippen molar-refractivity contribution in [1.82, 2.24) is 25.1 Å². The number of carbonyl (C=O) groups excluding carboxylic acids is 5. The van der Waals surface area contributed by atoms with Gasteiger partial charge in [-0.05, 0) is 124 Å². The third kappa shape index (κ3) is 15.9. The molecular weight excluding hydrogens is 951 g/mol. The van der Waals surface area contributed by atoms with E-state index in [2.05, 4.69) is 15.5 Å². The first-order valence-electron chi connectivity index (χ1n) is 27.1. The number of carbonyl (C=O) groups is 5. The largest absolute Gasteiger partial charge is 0.460 e. The van der Waals surface area contributed by atoms with Gasteiger partial charge in [0.15, 0.2) is 5.78 Å². The van der Waals surface area contributed by atoms with E-state index >= 15 is 0 Å². The zero-order chi connectivity index (χ0) is 54.3.